The molecule has 0 unspecified atom stereocenters. The largest absolute Gasteiger partial charge is 0.496 e. The Kier molecular flexibility index (Phi) is 4.13. The fourth-order valence-corrected chi connectivity index (χ4v) is 2.22. The van der Waals surface area contributed by atoms with Crippen molar-refractivity contribution in [2.45, 2.75) is 20.3 Å². The van der Waals surface area contributed by atoms with Crippen LogP contribution in [0.4, 0.5) is 0 Å². The number of hydrogen-bond donors (Lipinski definition) is 0. The van der Waals surface area contributed by atoms with Crippen LogP contribution in [0.2, 0.25) is 0 Å². The van der Waals surface area contributed by atoms with E-state index < -0.39 is 5.97 Å². The van der Waals surface area contributed by atoms with E-state index in [1.165, 1.54) is 7.11 Å². The molecule has 2 aromatic rings. The van der Waals surface area contributed by atoms with Crippen LogP contribution < -0.4 is 4.74 Å². The molecule has 1 aromatic heterocycles. The lowest BCUT2D eigenvalue weighted by molar-refractivity contribution is 0.0563. The van der Waals surface area contributed by atoms with Crippen LogP contribution in [0.1, 0.15) is 33.0 Å². The SMILES string of the molecule is COC(=O)c1ccc(Cc2c(C)cc(C)cc2OC)o1. The molecular formula is C16H18O4. The standard InChI is InChI=1S/C16H18O4/c1-10-7-11(2)13(15(8-10)18-3)9-12-5-6-14(20-12)16(17)19-4/h5-8H,9H2,1-4H3. The summed E-state index contributed by atoms with van der Waals surface area (Å²) >= 11 is 0. The van der Waals surface area contributed by atoms with Gasteiger partial charge in [0.05, 0.1) is 14.2 Å². The van der Waals surface area contributed by atoms with Crippen LogP contribution >= 0.6 is 0 Å². The molecular weight excluding hydrogens is 256 g/mol. The van der Waals surface area contributed by atoms with Crippen molar-refractivity contribution in [3.05, 3.63) is 52.5 Å². The van der Waals surface area contributed by atoms with Crippen LogP contribution in [0, 0.1) is 13.8 Å². The van der Waals surface area contributed by atoms with Crippen molar-refractivity contribution in [1.29, 1.82) is 0 Å². The summed E-state index contributed by atoms with van der Waals surface area (Å²) in [6, 6.07) is 7.50. The molecule has 0 spiro atoms. The van der Waals surface area contributed by atoms with Crippen molar-refractivity contribution in [2.24, 2.45) is 0 Å². The van der Waals surface area contributed by atoms with Crippen LogP contribution in [0.5, 0.6) is 5.75 Å². The van der Waals surface area contributed by atoms with Crippen LogP contribution in [0.3, 0.4) is 0 Å². The number of aryl methyl sites for hydroxylation is 2. The van der Waals surface area contributed by atoms with Crippen LogP contribution in [0.25, 0.3) is 0 Å². The van der Waals surface area contributed by atoms with E-state index in [1.807, 2.05) is 19.9 Å². The van der Waals surface area contributed by atoms with Gasteiger partial charge in [-0.15, -0.1) is 0 Å². The monoisotopic (exact) mass is 274 g/mol. The number of carbonyl (C=O) groups excluding carboxylic acids is 1. The first-order valence-electron chi connectivity index (χ1n) is 6.36. The third kappa shape index (κ3) is 2.85. The van der Waals surface area contributed by atoms with E-state index in [2.05, 4.69) is 10.8 Å². The van der Waals surface area contributed by atoms with Crippen LogP contribution in [-0.2, 0) is 11.2 Å². The summed E-state index contributed by atoms with van der Waals surface area (Å²) in [7, 11) is 2.98. The predicted molar refractivity (Wildman–Crippen MR) is 75.3 cm³/mol. The number of carbonyl (C=O) groups is 1. The summed E-state index contributed by atoms with van der Waals surface area (Å²) in [6.07, 6.45) is 0.576. The van der Waals surface area contributed by atoms with Gasteiger partial charge >= 0.3 is 5.97 Å². The topological polar surface area (TPSA) is 48.7 Å². The van der Waals surface area contributed by atoms with Gasteiger partial charge in [-0.1, -0.05) is 6.07 Å². The van der Waals surface area contributed by atoms with E-state index >= 15 is 0 Å². The van der Waals surface area contributed by atoms with Gasteiger partial charge in [0.1, 0.15) is 11.5 Å². The average Bonchev–Trinajstić information content (AvgIpc) is 2.89. The number of benzene rings is 1. The van der Waals surface area contributed by atoms with E-state index in [4.69, 9.17) is 9.15 Å². The van der Waals surface area contributed by atoms with E-state index in [9.17, 15) is 4.79 Å². The molecule has 20 heavy (non-hydrogen) atoms. The van der Waals surface area contributed by atoms with Gasteiger partial charge in [-0.25, -0.2) is 4.79 Å². The van der Waals surface area contributed by atoms with Crippen molar-refractivity contribution >= 4 is 5.97 Å². The van der Waals surface area contributed by atoms with Gasteiger partial charge in [-0.3, -0.25) is 0 Å². The minimum absolute atomic E-state index is 0.214. The second kappa shape index (κ2) is 5.82. The molecule has 0 saturated heterocycles. The quantitative estimate of drug-likeness (QED) is 0.803. The zero-order valence-electron chi connectivity index (χ0n) is 12.1. The molecule has 0 bridgehead atoms. The van der Waals surface area contributed by atoms with Crippen LogP contribution in [-0.4, -0.2) is 20.2 Å². The number of esters is 1. The molecule has 0 amide bonds. The third-order valence-corrected chi connectivity index (χ3v) is 3.20. The molecule has 0 saturated carbocycles. The lowest BCUT2D eigenvalue weighted by atomic mass is 10.0. The highest BCUT2D eigenvalue weighted by Crippen LogP contribution is 2.27. The van der Waals surface area contributed by atoms with E-state index in [-0.39, 0.29) is 5.76 Å². The maximum absolute atomic E-state index is 11.4. The van der Waals surface area contributed by atoms with Gasteiger partial charge in [0.2, 0.25) is 5.76 Å². The molecule has 0 fully saturated rings. The second-order valence-electron chi connectivity index (χ2n) is 4.70. The number of methoxy groups -OCH3 is 2. The maximum Gasteiger partial charge on any atom is 0.373 e. The predicted octanol–water partition coefficient (Wildman–Crippen LogP) is 3.28. The number of furan rings is 1. The Balaban J connectivity index is 2.30. The van der Waals surface area contributed by atoms with Crippen molar-refractivity contribution in [2.75, 3.05) is 14.2 Å². The summed E-state index contributed by atoms with van der Waals surface area (Å²) < 4.78 is 15.5. The number of rotatable bonds is 4. The zero-order valence-corrected chi connectivity index (χ0v) is 12.1. The highest BCUT2D eigenvalue weighted by molar-refractivity contribution is 5.86. The molecule has 1 aromatic carbocycles. The van der Waals surface area contributed by atoms with Gasteiger partial charge in [-0.05, 0) is 43.2 Å². The van der Waals surface area contributed by atoms with Crippen molar-refractivity contribution < 1.29 is 18.7 Å². The first kappa shape index (κ1) is 14.2. The summed E-state index contributed by atoms with van der Waals surface area (Å²) in [5.74, 6) is 1.28. The summed E-state index contributed by atoms with van der Waals surface area (Å²) in [5, 5.41) is 0. The van der Waals surface area contributed by atoms with Gasteiger partial charge in [0.25, 0.3) is 0 Å². The molecule has 0 aliphatic heterocycles. The molecule has 0 aliphatic carbocycles. The van der Waals surface area contributed by atoms with Crippen LogP contribution in [0.15, 0.2) is 28.7 Å². The fraction of sp³-hybridized carbons (Fsp3) is 0.312. The third-order valence-electron chi connectivity index (χ3n) is 3.20. The van der Waals surface area contributed by atoms with Crippen molar-refractivity contribution in [3.8, 4) is 5.75 Å². The van der Waals surface area contributed by atoms with E-state index in [1.54, 1.807) is 19.2 Å². The first-order valence-corrected chi connectivity index (χ1v) is 6.36. The molecule has 106 valence electrons. The highest BCUT2D eigenvalue weighted by Gasteiger charge is 2.14. The Labute approximate surface area is 118 Å². The molecule has 4 heteroatoms. The molecule has 0 aliphatic rings. The summed E-state index contributed by atoms with van der Waals surface area (Å²) in [6.45, 7) is 4.07. The molecule has 0 radical (unpaired) electrons. The van der Waals surface area contributed by atoms with Crippen molar-refractivity contribution in [3.63, 3.8) is 0 Å². The lowest BCUT2D eigenvalue weighted by Crippen LogP contribution is -1.99. The Hall–Kier alpha value is -2.23. The average molecular weight is 274 g/mol. The molecule has 1 heterocycles. The highest BCUT2D eigenvalue weighted by atomic mass is 16.5. The second-order valence-corrected chi connectivity index (χ2v) is 4.70. The molecule has 0 N–H and O–H groups in total. The minimum Gasteiger partial charge on any atom is -0.496 e. The Bertz CT molecular complexity index is 625. The van der Waals surface area contributed by atoms with Gasteiger partial charge in [0.15, 0.2) is 0 Å². The lowest BCUT2D eigenvalue weighted by Gasteiger charge is -2.12. The molecule has 4 nitrogen and oxygen atoms in total. The van der Waals surface area contributed by atoms with Gasteiger partial charge in [0, 0.05) is 12.0 Å². The Morgan fingerprint density at radius 1 is 1.20 bits per heavy atom. The molecule has 0 atom stereocenters. The fourth-order valence-electron chi connectivity index (χ4n) is 2.22. The summed E-state index contributed by atoms with van der Waals surface area (Å²) in [4.78, 5) is 11.4. The first-order chi connectivity index (χ1) is 9.55. The Morgan fingerprint density at radius 3 is 2.60 bits per heavy atom. The molecule has 2 rings (SSSR count). The number of ether oxygens (including phenoxy) is 2. The Morgan fingerprint density at radius 2 is 1.95 bits per heavy atom. The number of hydrogen-bond acceptors (Lipinski definition) is 4. The van der Waals surface area contributed by atoms with Gasteiger partial charge in [-0.2, -0.15) is 0 Å². The smallest absolute Gasteiger partial charge is 0.373 e. The maximum atomic E-state index is 11.4. The normalized spacial score (nSPS) is 10.4. The minimum atomic E-state index is -0.469. The zero-order chi connectivity index (χ0) is 14.7. The van der Waals surface area contributed by atoms with Crippen molar-refractivity contribution in [1.82, 2.24) is 0 Å². The summed E-state index contributed by atoms with van der Waals surface area (Å²) in [5.41, 5.74) is 3.35. The van der Waals surface area contributed by atoms with E-state index in [0.29, 0.717) is 12.2 Å². The van der Waals surface area contributed by atoms with Gasteiger partial charge < -0.3 is 13.9 Å². The van der Waals surface area contributed by atoms with E-state index in [0.717, 1.165) is 22.4 Å².